The van der Waals surface area contributed by atoms with Crippen LogP contribution in [0.3, 0.4) is 0 Å². The predicted octanol–water partition coefficient (Wildman–Crippen LogP) is 0.0172. The standard InChI is InChI=1S/C11H21N3O4/c1-4-5-14(7-10(16)17)11(18)12-6-9(15)13-8(2)3/h8H,4-7H2,1-3H3,(H,12,18)(H,13,15)(H,16,17). The van der Waals surface area contributed by atoms with Crippen molar-refractivity contribution >= 4 is 17.9 Å². The van der Waals surface area contributed by atoms with Gasteiger partial charge in [0.1, 0.15) is 6.54 Å². The Balaban J connectivity index is 4.17. The molecule has 3 N–H and O–H groups in total. The van der Waals surface area contributed by atoms with Crippen LogP contribution in [0.25, 0.3) is 0 Å². The highest BCUT2D eigenvalue weighted by Crippen LogP contribution is 1.92. The number of carboxylic acids is 1. The van der Waals surface area contributed by atoms with Crippen LogP contribution in [-0.2, 0) is 9.59 Å². The first-order chi connectivity index (χ1) is 8.36. The van der Waals surface area contributed by atoms with Crippen molar-refractivity contribution in [3.05, 3.63) is 0 Å². The van der Waals surface area contributed by atoms with E-state index in [4.69, 9.17) is 5.11 Å². The van der Waals surface area contributed by atoms with Gasteiger partial charge in [-0.1, -0.05) is 6.92 Å². The van der Waals surface area contributed by atoms with E-state index in [-0.39, 0.29) is 25.0 Å². The van der Waals surface area contributed by atoms with Crippen LogP contribution >= 0.6 is 0 Å². The van der Waals surface area contributed by atoms with Crippen LogP contribution in [0.4, 0.5) is 4.79 Å². The van der Waals surface area contributed by atoms with Gasteiger partial charge in [-0.15, -0.1) is 0 Å². The lowest BCUT2D eigenvalue weighted by molar-refractivity contribution is -0.137. The molecule has 7 heteroatoms. The monoisotopic (exact) mass is 259 g/mol. The lowest BCUT2D eigenvalue weighted by Crippen LogP contribution is -2.47. The van der Waals surface area contributed by atoms with Gasteiger partial charge >= 0.3 is 12.0 Å². The summed E-state index contributed by atoms with van der Waals surface area (Å²) in [4.78, 5) is 34.7. The average molecular weight is 259 g/mol. The van der Waals surface area contributed by atoms with E-state index in [0.29, 0.717) is 13.0 Å². The summed E-state index contributed by atoms with van der Waals surface area (Å²) in [5.74, 6) is -1.38. The minimum absolute atomic E-state index is 0.000154. The first-order valence-electron chi connectivity index (χ1n) is 5.90. The lowest BCUT2D eigenvalue weighted by Gasteiger charge is -2.20. The summed E-state index contributed by atoms with van der Waals surface area (Å²) in [6.45, 7) is 5.28. The molecule has 7 nitrogen and oxygen atoms in total. The predicted molar refractivity (Wildman–Crippen MR) is 66.2 cm³/mol. The minimum atomic E-state index is -1.08. The second-order valence-corrected chi connectivity index (χ2v) is 4.20. The third kappa shape index (κ3) is 7.48. The van der Waals surface area contributed by atoms with E-state index in [1.165, 1.54) is 0 Å². The number of carboxylic acid groups (broad SMARTS) is 1. The third-order valence-electron chi connectivity index (χ3n) is 1.96. The number of carbonyl (C=O) groups excluding carboxylic acids is 2. The molecule has 0 aliphatic carbocycles. The molecule has 0 rings (SSSR count). The maximum Gasteiger partial charge on any atom is 0.323 e. The number of carbonyl (C=O) groups is 3. The normalized spacial score (nSPS) is 10.0. The van der Waals surface area contributed by atoms with Gasteiger partial charge in [0.15, 0.2) is 0 Å². The minimum Gasteiger partial charge on any atom is -0.480 e. The van der Waals surface area contributed by atoms with Crippen molar-refractivity contribution in [2.75, 3.05) is 19.6 Å². The zero-order valence-corrected chi connectivity index (χ0v) is 11.0. The Labute approximate surface area is 107 Å². The van der Waals surface area contributed by atoms with Crippen molar-refractivity contribution in [2.45, 2.75) is 33.2 Å². The van der Waals surface area contributed by atoms with Crippen LogP contribution in [-0.4, -0.2) is 53.6 Å². The van der Waals surface area contributed by atoms with Crippen LogP contribution < -0.4 is 10.6 Å². The molecule has 3 amide bonds. The molecule has 0 unspecified atom stereocenters. The van der Waals surface area contributed by atoms with Gasteiger partial charge in [0, 0.05) is 12.6 Å². The molecule has 104 valence electrons. The van der Waals surface area contributed by atoms with E-state index in [9.17, 15) is 14.4 Å². The number of rotatable bonds is 7. The lowest BCUT2D eigenvalue weighted by atomic mass is 10.4. The molecule has 0 spiro atoms. The number of aliphatic carboxylic acids is 1. The number of hydrogen-bond acceptors (Lipinski definition) is 3. The highest BCUT2D eigenvalue weighted by Gasteiger charge is 2.16. The van der Waals surface area contributed by atoms with Gasteiger partial charge in [0.2, 0.25) is 5.91 Å². The molecular formula is C11H21N3O4. The van der Waals surface area contributed by atoms with Crippen molar-refractivity contribution in [1.29, 1.82) is 0 Å². The summed E-state index contributed by atoms with van der Waals surface area (Å²) in [6, 6.07) is -0.543. The Hall–Kier alpha value is -1.79. The van der Waals surface area contributed by atoms with Gasteiger partial charge in [-0.25, -0.2) is 4.79 Å². The van der Waals surface area contributed by atoms with E-state index < -0.39 is 12.0 Å². The molecular weight excluding hydrogens is 238 g/mol. The Bertz CT molecular complexity index is 305. The van der Waals surface area contributed by atoms with Crippen LogP contribution in [0.2, 0.25) is 0 Å². The van der Waals surface area contributed by atoms with Gasteiger partial charge in [0.05, 0.1) is 6.54 Å². The van der Waals surface area contributed by atoms with E-state index in [1.54, 1.807) is 0 Å². The maximum absolute atomic E-state index is 11.6. The largest absolute Gasteiger partial charge is 0.480 e. The molecule has 0 radical (unpaired) electrons. The van der Waals surface area contributed by atoms with Crippen molar-refractivity contribution in [1.82, 2.24) is 15.5 Å². The number of nitrogens with zero attached hydrogens (tertiary/aromatic N) is 1. The van der Waals surface area contributed by atoms with Gasteiger partial charge < -0.3 is 20.6 Å². The topological polar surface area (TPSA) is 98.7 Å². The highest BCUT2D eigenvalue weighted by atomic mass is 16.4. The van der Waals surface area contributed by atoms with Gasteiger partial charge in [0.25, 0.3) is 0 Å². The van der Waals surface area contributed by atoms with Crippen molar-refractivity contribution in [3.63, 3.8) is 0 Å². The molecule has 18 heavy (non-hydrogen) atoms. The summed E-state index contributed by atoms with van der Waals surface area (Å²) >= 11 is 0. The van der Waals surface area contributed by atoms with E-state index >= 15 is 0 Å². The summed E-state index contributed by atoms with van der Waals surface area (Å²) in [5, 5.41) is 13.7. The van der Waals surface area contributed by atoms with E-state index in [2.05, 4.69) is 10.6 Å². The van der Waals surface area contributed by atoms with Gasteiger partial charge in [-0.2, -0.15) is 0 Å². The zero-order valence-electron chi connectivity index (χ0n) is 11.0. The Morgan fingerprint density at radius 3 is 2.33 bits per heavy atom. The quantitative estimate of drug-likeness (QED) is 0.600. The van der Waals surface area contributed by atoms with Crippen molar-refractivity contribution < 1.29 is 19.5 Å². The molecule has 0 saturated carbocycles. The molecule has 0 aliphatic heterocycles. The van der Waals surface area contributed by atoms with Crippen molar-refractivity contribution in [3.8, 4) is 0 Å². The van der Waals surface area contributed by atoms with E-state index in [0.717, 1.165) is 4.90 Å². The number of amides is 3. The maximum atomic E-state index is 11.6. The summed E-state index contributed by atoms with van der Waals surface area (Å²) in [5.41, 5.74) is 0. The van der Waals surface area contributed by atoms with Crippen LogP contribution in [0.5, 0.6) is 0 Å². The fourth-order valence-corrected chi connectivity index (χ4v) is 1.33. The molecule has 0 aromatic carbocycles. The number of urea groups is 1. The van der Waals surface area contributed by atoms with Crippen molar-refractivity contribution in [2.24, 2.45) is 0 Å². The highest BCUT2D eigenvalue weighted by molar-refractivity contribution is 5.85. The fraction of sp³-hybridized carbons (Fsp3) is 0.727. The second-order valence-electron chi connectivity index (χ2n) is 4.20. The summed E-state index contributed by atoms with van der Waals surface area (Å²) < 4.78 is 0. The number of nitrogens with one attached hydrogen (secondary N) is 2. The summed E-state index contributed by atoms with van der Waals surface area (Å²) in [6.07, 6.45) is 0.652. The molecule has 0 aliphatic rings. The van der Waals surface area contributed by atoms with Crippen LogP contribution in [0, 0.1) is 0 Å². The third-order valence-corrected chi connectivity index (χ3v) is 1.96. The zero-order chi connectivity index (χ0) is 14.1. The number of hydrogen-bond donors (Lipinski definition) is 3. The smallest absolute Gasteiger partial charge is 0.323 e. The van der Waals surface area contributed by atoms with Crippen LogP contribution in [0.15, 0.2) is 0 Å². The van der Waals surface area contributed by atoms with E-state index in [1.807, 2.05) is 20.8 Å². The van der Waals surface area contributed by atoms with Gasteiger partial charge in [-0.3, -0.25) is 9.59 Å². The Morgan fingerprint density at radius 1 is 1.28 bits per heavy atom. The molecule has 0 heterocycles. The molecule has 0 fully saturated rings. The summed E-state index contributed by atoms with van der Waals surface area (Å²) in [7, 11) is 0. The van der Waals surface area contributed by atoms with Gasteiger partial charge in [-0.05, 0) is 20.3 Å². The average Bonchev–Trinajstić information content (AvgIpc) is 2.23. The molecule has 0 aromatic heterocycles. The Kier molecular flexibility index (Phi) is 7.50. The molecule has 0 saturated heterocycles. The second kappa shape index (κ2) is 8.32. The Morgan fingerprint density at radius 2 is 1.89 bits per heavy atom. The molecule has 0 bridgehead atoms. The first kappa shape index (κ1) is 16.2. The molecule has 0 atom stereocenters. The first-order valence-corrected chi connectivity index (χ1v) is 5.90. The SMILES string of the molecule is CCCN(CC(=O)O)C(=O)NCC(=O)NC(C)C. The molecule has 0 aromatic rings. The fourth-order valence-electron chi connectivity index (χ4n) is 1.33. The van der Waals surface area contributed by atoms with Crippen LogP contribution in [0.1, 0.15) is 27.2 Å².